The molecule has 0 radical (unpaired) electrons. The second-order valence-corrected chi connectivity index (χ2v) is 8.54. The first kappa shape index (κ1) is 27.0. The van der Waals surface area contributed by atoms with Crippen molar-refractivity contribution in [3.8, 4) is 5.75 Å². The molecule has 2 amide bonds. The van der Waals surface area contributed by atoms with Gasteiger partial charge in [-0.15, -0.1) is 0 Å². The smallest absolute Gasteiger partial charge is 0.343 e. The molecule has 0 aliphatic carbocycles. The predicted octanol–water partition coefficient (Wildman–Crippen LogP) is 4.82. The molecule has 12 heteroatoms. The predicted molar refractivity (Wildman–Crippen MR) is 141 cm³/mol. The molecule has 3 aromatic rings. The molecule has 3 aromatic carbocycles. The Morgan fingerprint density at radius 2 is 1.49 bits per heavy atom. The van der Waals surface area contributed by atoms with Gasteiger partial charge in [-0.05, 0) is 67.1 Å². The number of nitrogens with zero attached hydrogens (tertiary/aromatic N) is 2. The highest BCUT2D eigenvalue weighted by atomic mass is 35.5. The van der Waals surface area contributed by atoms with Crippen LogP contribution in [0.5, 0.6) is 5.75 Å². The molecular weight excluding hydrogens is 530 g/mol. The van der Waals surface area contributed by atoms with Crippen molar-refractivity contribution in [1.82, 2.24) is 0 Å². The molecule has 0 fully saturated rings. The van der Waals surface area contributed by atoms with Gasteiger partial charge in [0.1, 0.15) is 16.5 Å². The van der Waals surface area contributed by atoms with Crippen LogP contribution in [-0.4, -0.2) is 35.3 Å². The number of carbonyl (C=O) groups is 4. The number of hydrogen-bond donors (Lipinski definition) is 1. The van der Waals surface area contributed by atoms with Crippen molar-refractivity contribution in [3.05, 3.63) is 105 Å². The van der Waals surface area contributed by atoms with Crippen LogP contribution in [0.25, 0.3) is 0 Å². The third-order valence-electron chi connectivity index (χ3n) is 5.47. The number of hydrogen-bond acceptors (Lipinski definition) is 9. The average molecular weight is 550 g/mol. The first-order valence-electron chi connectivity index (χ1n) is 11.6. The van der Waals surface area contributed by atoms with E-state index in [1.165, 1.54) is 72.8 Å². The zero-order chi connectivity index (χ0) is 28.1. The van der Waals surface area contributed by atoms with Gasteiger partial charge in [-0.25, -0.2) is 14.5 Å². The number of nitrogens with one attached hydrogen (secondary N) is 1. The Bertz CT molecular complexity index is 1480. The lowest BCUT2D eigenvalue weighted by atomic mass is 10.2. The summed E-state index contributed by atoms with van der Waals surface area (Å²) in [5.41, 5.74) is 0.737. The van der Waals surface area contributed by atoms with Crippen molar-refractivity contribution in [2.24, 2.45) is 0 Å². The normalized spacial score (nSPS) is 12.9. The SMILES string of the molecule is CCCOC(=O)c1ccc(N2C(=O)C(Cl)=C(Nc3ccc(C(=O)Oc4ccc([N+](=O)[O-])cc4)cc3)C2=O)cc1. The molecular formula is C27H20ClN3O8. The maximum Gasteiger partial charge on any atom is 0.343 e. The van der Waals surface area contributed by atoms with E-state index in [4.69, 9.17) is 21.1 Å². The number of imide groups is 1. The third kappa shape index (κ3) is 5.94. The van der Waals surface area contributed by atoms with Gasteiger partial charge < -0.3 is 14.8 Å². The number of halogens is 1. The van der Waals surface area contributed by atoms with Crippen LogP contribution in [0.15, 0.2) is 83.5 Å². The molecule has 0 atom stereocenters. The number of rotatable bonds is 9. The highest BCUT2D eigenvalue weighted by Gasteiger charge is 2.39. The van der Waals surface area contributed by atoms with E-state index in [1.807, 2.05) is 6.92 Å². The quantitative estimate of drug-likeness (QED) is 0.130. The standard InChI is InChI=1S/C27H20ClN3O8/c1-2-15-38-26(34)16-5-9-19(10-6-16)30-24(32)22(28)23(25(30)33)29-18-7-3-17(4-8-18)27(35)39-21-13-11-20(12-14-21)31(36)37/h3-14,29H,2,15H2,1H3. The van der Waals surface area contributed by atoms with E-state index < -0.39 is 28.7 Å². The van der Waals surface area contributed by atoms with Gasteiger partial charge in [0.25, 0.3) is 17.5 Å². The molecule has 0 aromatic heterocycles. The Kier molecular flexibility index (Phi) is 8.01. The molecule has 0 unspecified atom stereocenters. The van der Waals surface area contributed by atoms with Crippen molar-refractivity contribution < 1.29 is 33.6 Å². The van der Waals surface area contributed by atoms with Crippen LogP contribution in [0.3, 0.4) is 0 Å². The van der Waals surface area contributed by atoms with Crippen molar-refractivity contribution in [2.45, 2.75) is 13.3 Å². The van der Waals surface area contributed by atoms with Crippen molar-refractivity contribution in [3.63, 3.8) is 0 Å². The van der Waals surface area contributed by atoms with Crippen LogP contribution < -0.4 is 15.0 Å². The Morgan fingerprint density at radius 3 is 2.08 bits per heavy atom. The topological polar surface area (TPSA) is 145 Å². The van der Waals surface area contributed by atoms with E-state index in [0.29, 0.717) is 12.1 Å². The summed E-state index contributed by atoms with van der Waals surface area (Å²) in [6.45, 7) is 2.15. The number of nitro benzene ring substituents is 1. The molecule has 11 nitrogen and oxygen atoms in total. The summed E-state index contributed by atoms with van der Waals surface area (Å²) in [6, 6.07) is 16.7. The fraction of sp³-hybridized carbons (Fsp3) is 0.111. The maximum absolute atomic E-state index is 13.0. The number of ether oxygens (including phenoxy) is 2. The van der Waals surface area contributed by atoms with Crippen LogP contribution in [0.4, 0.5) is 17.1 Å². The summed E-state index contributed by atoms with van der Waals surface area (Å²) >= 11 is 6.17. The second-order valence-electron chi connectivity index (χ2n) is 8.16. The second kappa shape index (κ2) is 11.6. The molecule has 0 spiro atoms. The minimum atomic E-state index is -0.742. The molecule has 1 N–H and O–H groups in total. The molecule has 0 bridgehead atoms. The van der Waals surface area contributed by atoms with Gasteiger partial charge >= 0.3 is 11.9 Å². The van der Waals surface area contributed by atoms with Crippen molar-refractivity contribution >= 4 is 52.4 Å². The van der Waals surface area contributed by atoms with E-state index in [9.17, 15) is 29.3 Å². The van der Waals surface area contributed by atoms with Gasteiger partial charge in [0.15, 0.2) is 0 Å². The summed E-state index contributed by atoms with van der Waals surface area (Å²) in [5.74, 6) is -2.53. The molecule has 4 rings (SSSR count). The lowest BCUT2D eigenvalue weighted by Crippen LogP contribution is -2.32. The van der Waals surface area contributed by atoms with Gasteiger partial charge in [0.2, 0.25) is 0 Å². The number of amides is 2. The average Bonchev–Trinajstić information content (AvgIpc) is 3.15. The maximum atomic E-state index is 13.0. The highest BCUT2D eigenvalue weighted by Crippen LogP contribution is 2.30. The number of benzene rings is 3. The first-order chi connectivity index (χ1) is 18.7. The number of carbonyl (C=O) groups excluding carboxylic acids is 4. The van der Waals surface area contributed by atoms with Crippen molar-refractivity contribution in [1.29, 1.82) is 0 Å². The zero-order valence-electron chi connectivity index (χ0n) is 20.4. The minimum absolute atomic E-state index is 0.130. The number of anilines is 2. The van der Waals surface area contributed by atoms with E-state index in [2.05, 4.69) is 5.32 Å². The fourth-order valence-electron chi connectivity index (χ4n) is 3.51. The van der Waals surface area contributed by atoms with Crippen LogP contribution in [0.2, 0.25) is 0 Å². The van der Waals surface area contributed by atoms with E-state index in [-0.39, 0.29) is 45.6 Å². The zero-order valence-corrected chi connectivity index (χ0v) is 21.1. The third-order valence-corrected chi connectivity index (χ3v) is 5.82. The molecule has 0 saturated carbocycles. The van der Waals surface area contributed by atoms with Gasteiger partial charge in [-0.2, -0.15) is 0 Å². The summed E-state index contributed by atoms with van der Waals surface area (Å²) in [7, 11) is 0. The highest BCUT2D eigenvalue weighted by molar-refractivity contribution is 6.53. The number of nitro groups is 1. The Labute approximate surface area is 226 Å². The van der Waals surface area contributed by atoms with Crippen LogP contribution in [0, 0.1) is 10.1 Å². The molecule has 0 saturated heterocycles. The number of non-ortho nitro benzene ring substituents is 1. The largest absolute Gasteiger partial charge is 0.462 e. The molecule has 1 heterocycles. The summed E-state index contributed by atoms with van der Waals surface area (Å²) < 4.78 is 10.3. The summed E-state index contributed by atoms with van der Waals surface area (Å²) in [6.07, 6.45) is 0.676. The van der Waals surface area contributed by atoms with E-state index in [0.717, 1.165) is 4.90 Å². The van der Waals surface area contributed by atoms with E-state index in [1.54, 1.807) is 0 Å². The minimum Gasteiger partial charge on any atom is -0.462 e. The Hall–Kier alpha value is -5.03. The fourth-order valence-corrected chi connectivity index (χ4v) is 3.72. The number of esters is 2. The summed E-state index contributed by atoms with van der Waals surface area (Å²) in [5, 5.41) is 13.2. The van der Waals surface area contributed by atoms with E-state index >= 15 is 0 Å². The van der Waals surface area contributed by atoms with Gasteiger partial charge in [-0.3, -0.25) is 19.7 Å². The summed E-state index contributed by atoms with van der Waals surface area (Å²) in [4.78, 5) is 61.2. The Balaban J connectivity index is 1.42. The molecule has 198 valence electrons. The van der Waals surface area contributed by atoms with Gasteiger partial charge in [-0.1, -0.05) is 18.5 Å². The monoisotopic (exact) mass is 549 g/mol. The van der Waals surface area contributed by atoms with Crippen LogP contribution in [-0.2, 0) is 14.3 Å². The van der Waals surface area contributed by atoms with Crippen molar-refractivity contribution in [2.75, 3.05) is 16.8 Å². The Morgan fingerprint density at radius 1 is 0.897 bits per heavy atom. The molecule has 1 aliphatic rings. The first-order valence-corrected chi connectivity index (χ1v) is 12.0. The lowest BCUT2D eigenvalue weighted by Gasteiger charge is -2.15. The molecule has 1 aliphatic heterocycles. The van der Waals surface area contributed by atoms with Gasteiger partial charge in [0, 0.05) is 17.8 Å². The van der Waals surface area contributed by atoms with Crippen LogP contribution >= 0.6 is 11.6 Å². The van der Waals surface area contributed by atoms with Crippen LogP contribution in [0.1, 0.15) is 34.1 Å². The van der Waals surface area contributed by atoms with Gasteiger partial charge in [0.05, 0.1) is 28.3 Å². The lowest BCUT2D eigenvalue weighted by molar-refractivity contribution is -0.384. The molecule has 39 heavy (non-hydrogen) atoms.